The molecule has 1 heterocycles. The lowest BCUT2D eigenvalue weighted by Crippen LogP contribution is -2.14. The molecule has 4 aromatic rings. The Morgan fingerprint density at radius 3 is 2.30 bits per heavy atom. The van der Waals surface area contributed by atoms with Gasteiger partial charge in [-0.3, -0.25) is 4.79 Å². The number of carbonyl (C=O) groups is 1. The van der Waals surface area contributed by atoms with E-state index < -0.39 is 0 Å². The van der Waals surface area contributed by atoms with Gasteiger partial charge in [-0.1, -0.05) is 74.0 Å². The molecule has 3 aromatic carbocycles. The number of anilines is 1. The zero-order valence-electron chi connectivity index (χ0n) is 17.7. The summed E-state index contributed by atoms with van der Waals surface area (Å²) in [5.74, 6) is -0.116. The molecule has 0 saturated carbocycles. The molecule has 0 spiro atoms. The van der Waals surface area contributed by atoms with Gasteiger partial charge in [0.2, 0.25) is 0 Å². The Morgan fingerprint density at radius 2 is 1.60 bits per heavy atom. The molecule has 1 aromatic heterocycles. The van der Waals surface area contributed by atoms with Gasteiger partial charge in [0.1, 0.15) is 0 Å². The number of benzene rings is 3. The van der Waals surface area contributed by atoms with Crippen LogP contribution in [0.2, 0.25) is 0 Å². The molecule has 1 amide bonds. The molecule has 0 aliphatic heterocycles. The van der Waals surface area contributed by atoms with E-state index in [9.17, 15) is 4.79 Å². The fourth-order valence-corrected chi connectivity index (χ4v) is 3.83. The zero-order chi connectivity index (χ0) is 21.1. The van der Waals surface area contributed by atoms with Crippen molar-refractivity contribution in [1.29, 1.82) is 0 Å². The molecule has 3 heteroatoms. The van der Waals surface area contributed by atoms with Crippen molar-refractivity contribution < 1.29 is 4.79 Å². The number of aryl methyl sites for hydroxylation is 3. The second-order valence-corrected chi connectivity index (χ2v) is 7.74. The molecular formula is C27H26N2O. The van der Waals surface area contributed by atoms with Gasteiger partial charge in [-0.05, 0) is 49.1 Å². The van der Waals surface area contributed by atoms with Crippen LogP contribution in [0.15, 0.2) is 72.8 Å². The van der Waals surface area contributed by atoms with Gasteiger partial charge < -0.3 is 5.32 Å². The number of nitrogens with zero attached hydrogens (tertiary/aromatic N) is 1. The number of amides is 1. The quantitative estimate of drug-likeness (QED) is 0.408. The van der Waals surface area contributed by atoms with Crippen molar-refractivity contribution in [1.82, 2.24) is 4.98 Å². The van der Waals surface area contributed by atoms with Crippen LogP contribution in [0, 0.1) is 13.8 Å². The molecule has 0 atom stereocenters. The van der Waals surface area contributed by atoms with Gasteiger partial charge in [-0.2, -0.15) is 0 Å². The van der Waals surface area contributed by atoms with Gasteiger partial charge in [-0.25, -0.2) is 4.98 Å². The van der Waals surface area contributed by atoms with E-state index >= 15 is 0 Å². The van der Waals surface area contributed by atoms with Crippen LogP contribution in [0.4, 0.5) is 5.69 Å². The number of hydrogen-bond acceptors (Lipinski definition) is 2. The second kappa shape index (κ2) is 8.50. The Kier molecular flexibility index (Phi) is 5.62. The molecule has 0 unspecified atom stereocenters. The van der Waals surface area contributed by atoms with Crippen molar-refractivity contribution in [3.05, 3.63) is 95.1 Å². The fraction of sp³-hybridized carbons (Fsp3) is 0.185. The van der Waals surface area contributed by atoms with Gasteiger partial charge in [0.15, 0.2) is 0 Å². The molecule has 4 rings (SSSR count). The lowest BCUT2D eigenvalue weighted by atomic mass is 10.0. The molecule has 0 aliphatic rings. The summed E-state index contributed by atoms with van der Waals surface area (Å²) >= 11 is 0. The minimum atomic E-state index is -0.116. The van der Waals surface area contributed by atoms with E-state index in [-0.39, 0.29) is 5.91 Å². The molecule has 1 N–H and O–H groups in total. The summed E-state index contributed by atoms with van der Waals surface area (Å²) in [6, 6.07) is 24.2. The molecule has 0 fully saturated rings. The summed E-state index contributed by atoms with van der Waals surface area (Å²) in [5.41, 5.74) is 7.56. The highest BCUT2D eigenvalue weighted by atomic mass is 16.1. The number of rotatable bonds is 5. The molecular weight excluding hydrogens is 368 g/mol. The number of hydrogen-bond donors (Lipinski definition) is 1. The van der Waals surface area contributed by atoms with Crippen molar-refractivity contribution in [3.63, 3.8) is 0 Å². The first-order chi connectivity index (χ1) is 14.6. The first-order valence-electron chi connectivity index (χ1n) is 10.4. The van der Waals surface area contributed by atoms with Gasteiger partial charge in [-0.15, -0.1) is 0 Å². The van der Waals surface area contributed by atoms with Crippen LogP contribution in [-0.2, 0) is 6.42 Å². The maximum absolute atomic E-state index is 13.3. The van der Waals surface area contributed by atoms with E-state index in [1.807, 2.05) is 62.4 Å². The Hall–Kier alpha value is -3.46. The summed E-state index contributed by atoms with van der Waals surface area (Å²) in [5, 5.41) is 3.98. The monoisotopic (exact) mass is 394 g/mol. The van der Waals surface area contributed by atoms with Gasteiger partial charge in [0, 0.05) is 16.6 Å². The number of pyridine rings is 1. The van der Waals surface area contributed by atoms with E-state index in [1.165, 1.54) is 5.56 Å². The average Bonchev–Trinajstić information content (AvgIpc) is 2.76. The highest BCUT2D eigenvalue weighted by molar-refractivity contribution is 6.13. The lowest BCUT2D eigenvalue weighted by Gasteiger charge is -2.14. The molecule has 0 bridgehead atoms. The van der Waals surface area contributed by atoms with Gasteiger partial charge >= 0.3 is 0 Å². The number of para-hydroxylation sites is 2. The summed E-state index contributed by atoms with van der Waals surface area (Å²) in [4.78, 5) is 18.1. The van der Waals surface area contributed by atoms with Crippen LogP contribution in [0.5, 0.6) is 0 Å². The number of fused-ring (bicyclic) bond motifs is 1. The summed E-state index contributed by atoms with van der Waals surface area (Å²) < 4.78 is 0. The summed E-state index contributed by atoms with van der Waals surface area (Å²) in [6.07, 6.45) is 2.19. The van der Waals surface area contributed by atoms with Crippen molar-refractivity contribution in [2.24, 2.45) is 0 Å². The van der Waals surface area contributed by atoms with Crippen LogP contribution in [0.25, 0.3) is 22.2 Å². The summed E-state index contributed by atoms with van der Waals surface area (Å²) in [6.45, 7) is 6.20. The third-order valence-electron chi connectivity index (χ3n) is 5.47. The van der Waals surface area contributed by atoms with E-state index in [0.29, 0.717) is 5.56 Å². The minimum absolute atomic E-state index is 0.116. The molecule has 150 valence electrons. The Morgan fingerprint density at radius 1 is 0.900 bits per heavy atom. The predicted octanol–water partition coefficient (Wildman–Crippen LogP) is 6.72. The third kappa shape index (κ3) is 3.97. The van der Waals surface area contributed by atoms with Crippen LogP contribution in [0.3, 0.4) is 0 Å². The third-order valence-corrected chi connectivity index (χ3v) is 5.47. The number of carbonyl (C=O) groups excluding carboxylic acids is 1. The largest absolute Gasteiger partial charge is 0.321 e. The normalized spacial score (nSPS) is 10.9. The first-order valence-corrected chi connectivity index (χ1v) is 10.4. The fourth-order valence-electron chi connectivity index (χ4n) is 3.83. The zero-order valence-corrected chi connectivity index (χ0v) is 17.7. The molecule has 30 heavy (non-hydrogen) atoms. The van der Waals surface area contributed by atoms with E-state index in [4.69, 9.17) is 4.98 Å². The van der Waals surface area contributed by atoms with Crippen LogP contribution in [-0.4, -0.2) is 10.9 Å². The van der Waals surface area contributed by atoms with Crippen LogP contribution in [0.1, 0.15) is 40.4 Å². The Labute approximate surface area is 177 Å². The van der Waals surface area contributed by atoms with E-state index in [1.54, 1.807) is 0 Å². The lowest BCUT2D eigenvalue weighted by molar-refractivity contribution is 0.102. The maximum atomic E-state index is 13.3. The molecule has 0 saturated heterocycles. The van der Waals surface area contributed by atoms with Crippen molar-refractivity contribution in [2.75, 3.05) is 5.32 Å². The van der Waals surface area contributed by atoms with Crippen LogP contribution >= 0.6 is 0 Å². The standard InChI is InChI=1S/C27H26N2O/c1-4-8-20-13-15-21(16-14-20)25-17-23(22-11-5-6-12-24(22)28-25)27(30)29-26-18(2)9-7-10-19(26)3/h5-7,9-17H,4,8H2,1-3H3,(H,29,30). The Balaban J connectivity index is 1.78. The topological polar surface area (TPSA) is 42.0 Å². The minimum Gasteiger partial charge on any atom is -0.321 e. The van der Waals surface area contributed by atoms with Gasteiger partial charge in [0.25, 0.3) is 5.91 Å². The molecule has 3 nitrogen and oxygen atoms in total. The molecule has 0 radical (unpaired) electrons. The molecule has 0 aliphatic carbocycles. The second-order valence-electron chi connectivity index (χ2n) is 7.74. The summed E-state index contributed by atoms with van der Waals surface area (Å²) in [7, 11) is 0. The van der Waals surface area contributed by atoms with Crippen molar-refractivity contribution >= 4 is 22.5 Å². The van der Waals surface area contributed by atoms with Crippen molar-refractivity contribution in [2.45, 2.75) is 33.6 Å². The smallest absolute Gasteiger partial charge is 0.256 e. The predicted molar refractivity (Wildman–Crippen MR) is 125 cm³/mol. The Bertz CT molecular complexity index is 1190. The first kappa shape index (κ1) is 19.8. The number of nitrogens with one attached hydrogen (secondary N) is 1. The van der Waals surface area contributed by atoms with Crippen molar-refractivity contribution in [3.8, 4) is 11.3 Å². The highest BCUT2D eigenvalue weighted by Gasteiger charge is 2.15. The highest BCUT2D eigenvalue weighted by Crippen LogP contribution is 2.27. The maximum Gasteiger partial charge on any atom is 0.256 e. The number of aromatic nitrogens is 1. The average molecular weight is 395 g/mol. The van der Waals surface area contributed by atoms with Gasteiger partial charge in [0.05, 0.1) is 16.8 Å². The van der Waals surface area contributed by atoms with Crippen LogP contribution < -0.4 is 5.32 Å². The van der Waals surface area contributed by atoms with E-state index in [2.05, 4.69) is 36.5 Å². The van der Waals surface area contributed by atoms with E-state index in [0.717, 1.165) is 51.8 Å². The SMILES string of the molecule is CCCc1ccc(-c2cc(C(=O)Nc3c(C)cccc3C)c3ccccc3n2)cc1.